The highest BCUT2D eigenvalue weighted by Gasteiger charge is 2.15. The van der Waals surface area contributed by atoms with Crippen molar-refractivity contribution in [2.45, 2.75) is 59.1 Å². The number of aryl methyl sites for hydroxylation is 1. The zero-order valence-electron chi connectivity index (χ0n) is 22.8. The third-order valence-electron chi connectivity index (χ3n) is 6.66. The third-order valence-corrected chi connectivity index (χ3v) is 7.16. The van der Waals surface area contributed by atoms with Crippen LogP contribution in [-0.4, -0.2) is 26.0 Å². The number of fused-ring (bicyclic) bond motifs is 3. The predicted octanol–water partition coefficient (Wildman–Crippen LogP) is 7.86. The molecule has 200 valence electrons. The highest BCUT2D eigenvalue weighted by molar-refractivity contribution is 9.10. The van der Waals surface area contributed by atoms with Gasteiger partial charge in [-0.3, -0.25) is 0 Å². The van der Waals surface area contributed by atoms with Crippen molar-refractivity contribution in [3.63, 3.8) is 0 Å². The Kier molecular flexibility index (Phi) is 7.93. The van der Waals surface area contributed by atoms with Gasteiger partial charge in [0.25, 0.3) is 5.95 Å². The van der Waals surface area contributed by atoms with Crippen molar-refractivity contribution >= 4 is 50.2 Å². The van der Waals surface area contributed by atoms with Gasteiger partial charge < -0.3 is 9.30 Å². The van der Waals surface area contributed by atoms with Gasteiger partial charge in [0.1, 0.15) is 17.9 Å². The van der Waals surface area contributed by atoms with E-state index in [2.05, 4.69) is 105 Å². The molecule has 8 heteroatoms. The molecule has 0 aliphatic rings. The summed E-state index contributed by atoms with van der Waals surface area (Å²) in [5.74, 6) is 1.08. The Hall–Kier alpha value is -3.78. The number of hydrazone groups is 1. The standard InChI is InChI=1S/C31H33BrN6O/c1-5-6-17-38-26-10-8-7-9-25(26)28-29(38)34-30(37-35-28)36-33-19-22-18-24(32)15-16-27(22)39-20-21-11-13-23(14-12-21)31(2,3)4/h7-16,18-19H,5-6,17,20H2,1-4H3,(H,34,36,37)/b33-19+. The molecule has 7 nitrogen and oxygen atoms in total. The number of rotatable bonds is 9. The lowest BCUT2D eigenvalue weighted by Crippen LogP contribution is -2.10. The Morgan fingerprint density at radius 3 is 2.59 bits per heavy atom. The Bertz CT molecular complexity index is 1620. The molecule has 0 aliphatic heterocycles. The molecule has 0 amide bonds. The summed E-state index contributed by atoms with van der Waals surface area (Å²) in [6, 6.07) is 22.7. The zero-order valence-corrected chi connectivity index (χ0v) is 24.4. The second-order valence-electron chi connectivity index (χ2n) is 10.6. The smallest absolute Gasteiger partial charge is 0.265 e. The fourth-order valence-electron chi connectivity index (χ4n) is 4.47. The van der Waals surface area contributed by atoms with Gasteiger partial charge in [-0.05, 0) is 47.2 Å². The van der Waals surface area contributed by atoms with E-state index in [4.69, 9.17) is 9.72 Å². The van der Waals surface area contributed by atoms with Crippen molar-refractivity contribution in [2.24, 2.45) is 5.10 Å². The molecule has 5 aromatic rings. The third kappa shape index (κ3) is 6.11. The van der Waals surface area contributed by atoms with E-state index in [0.29, 0.717) is 12.6 Å². The van der Waals surface area contributed by atoms with Crippen molar-refractivity contribution in [1.29, 1.82) is 0 Å². The average Bonchev–Trinajstić information content (AvgIpc) is 3.24. The van der Waals surface area contributed by atoms with Crippen molar-refractivity contribution in [3.05, 3.63) is 87.9 Å². The maximum Gasteiger partial charge on any atom is 0.265 e. The lowest BCUT2D eigenvalue weighted by molar-refractivity contribution is 0.305. The number of nitrogens with zero attached hydrogens (tertiary/aromatic N) is 5. The second kappa shape index (κ2) is 11.5. The summed E-state index contributed by atoms with van der Waals surface area (Å²) < 4.78 is 9.31. The Balaban J connectivity index is 1.34. The van der Waals surface area contributed by atoms with E-state index in [0.717, 1.165) is 62.8 Å². The lowest BCUT2D eigenvalue weighted by atomic mass is 9.87. The van der Waals surface area contributed by atoms with Gasteiger partial charge in [-0.2, -0.15) is 10.1 Å². The normalized spacial score (nSPS) is 12.0. The molecule has 2 aromatic heterocycles. The summed E-state index contributed by atoms with van der Waals surface area (Å²) in [6.45, 7) is 10.2. The Labute approximate surface area is 237 Å². The van der Waals surface area contributed by atoms with E-state index in [1.54, 1.807) is 6.21 Å². The number of aromatic nitrogens is 4. The monoisotopic (exact) mass is 584 g/mol. The van der Waals surface area contributed by atoms with Gasteiger partial charge in [0.2, 0.25) is 0 Å². The number of benzene rings is 3. The SMILES string of the molecule is CCCCn1c2ccccc2c2nnc(N/N=C/c3cc(Br)ccc3OCc3ccc(C(C)(C)C)cc3)nc21. The van der Waals surface area contributed by atoms with Crippen LogP contribution < -0.4 is 10.2 Å². The van der Waals surface area contributed by atoms with E-state index < -0.39 is 0 Å². The molecule has 0 atom stereocenters. The molecule has 0 unspecified atom stereocenters. The van der Waals surface area contributed by atoms with Crippen LogP contribution in [0.15, 0.2) is 76.3 Å². The van der Waals surface area contributed by atoms with Gasteiger partial charge in [0, 0.05) is 22.0 Å². The summed E-state index contributed by atoms with van der Waals surface area (Å²) in [6.07, 6.45) is 3.87. The highest BCUT2D eigenvalue weighted by Crippen LogP contribution is 2.27. The van der Waals surface area contributed by atoms with Gasteiger partial charge in [-0.25, -0.2) is 5.43 Å². The second-order valence-corrected chi connectivity index (χ2v) is 11.5. The van der Waals surface area contributed by atoms with E-state index in [9.17, 15) is 0 Å². The van der Waals surface area contributed by atoms with Crippen molar-refractivity contribution in [2.75, 3.05) is 5.43 Å². The van der Waals surface area contributed by atoms with Crippen LogP contribution in [0.2, 0.25) is 0 Å². The van der Waals surface area contributed by atoms with Crippen LogP contribution in [0.4, 0.5) is 5.95 Å². The highest BCUT2D eigenvalue weighted by atomic mass is 79.9. The minimum atomic E-state index is 0.123. The molecule has 39 heavy (non-hydrogen) atoms. The predicted molar refractivity (Wildman–Crippen MR) is 163 cm³/mol. The number of ether oxygens (including phenoxy) is 1. The van der Waals surface area contributed by atoms with Crippen LogP contribution in [-0.2, 0) is 18.6 Å². The summed E-state index contributed by atoms with van der Waals surface area (Å²) in [7, 11) is 0. The molecule has 0 saturated carbocycles. The molecule has 5 rings (SSSR count). The molecule has 3 aromatic carbocycles. The van der Waals surface area contributed by atoms with Crippen LogP contribution in [0.1, 0.15) is 57.2 Å². The summed E-state index contributed by atoms with van der Waals surface area (Å²) in [5.41, 5.74) is 9.04. The van der Waals surface area contributed by atoms with Crippen molar-refractivity contribution < 1.29 is 4.74 Å². The number of para-hydroxylation sites is 1. The maximum absolute atomic E-state index is 6.16. The molecule has 0 aliphatic carbocycles. The first kappa shape index (κ1) is 26.8. The first-order valence-electron chi connectivity index (χ1n) is 13.3. The topological polar surface area (TPSA) is 77.2 Å². The number of nitrogens with one attached hydrogen (secondary N) is 1. The fraction of sp³-hybridized carbons (Fsp3) is 0.290. The molecule has 0 fully saturated rings. The number of halogens is 1. The maximum atomic E-state index is 6.16. The number of unbranched alkanes of at least 4 members (excludes halogenated alkanes) is 1. The first-order valence-corrected chi connectivity index (χ1v) is 14.1. The zero-order chi connectivity index (χ0) is 27.4. The van der Waals surface area contributed by atoms with Crippen LogP contribution in [0.3, 0.4) is 0 Å². The van der Waals surface area contributed by atoms with Crippen molar-refractivity contribution in [3.8, 4) is 5.75 Å². The Morgan fingerprint density at radius 2 is 1.82 bits per heavy atom. The van der Waals surface area contributed by atoms with Gasteiger partial charge >= 0.3 is 0 Å². The van der Waals surface area contributed by atoms with Crippen LogP contribution in [0, 0.1) is 0 Å². The molecule has 0 saturated heterocycles. The molecule has 0 spiro atoms. The fourth-order valence-corrected chi connectivity index (χ4v) is 4.85. The minimum absolute atomic E-state index is 0.123. The molecular formula is C31H33BrN6O. The van der Waals surface area contributed by atoms with E-state index >= 15 is 0 Å². The van der Waals surface area contributed by atoms with Crippen LogP contribution in [0.5, 0.6) is 5.75 Å². The number of hydrogen-bond acceptors (Lipinski definition) is 6. The molecular weight excluding hydrogens is 552 g/mol. The minimum Gasteiger partial charge on any atom is -0.488 e. The summed E-state index contributed by atoms with van der Waals surface area (Å²) in [4.78, 5) is 4.76. The van der Waals surface area contributed by atoms with Gasteiger partial charge in [0.05, 0.1) is 11.7 Å². The number of anilines is 1. The van der Waals surface area contributed by atoms with Gasteiger partial charge in [-0.15, -0.1) is 10.2 Å². The lowest BCUT2D eigenvalue weighted by Gasteiger charge is -2.19. The van der Waals surface area contributed by atoms with E-state index in [1.807, 2.05) is 30.3 Å². The van der Waals surface area contributed by atoms with E-state index in [1.165, 1.54) is 5.56 Å². The summed E-state index contributed by atoms with van der Waals surface area (Å²) in [5, 5.41) is 14.2. The average molecular weight is 586 g/mol. The van der Waals surface area contributed by atoms with Gasteiger partial charge in [0.15, 0.2) is 5.65 Å². The van der Waals surface area contributed by atoms with E-state index in [-0.39, 0.29) is 5.41 Å². The van der Waals surface area contributed by atoms with Crippen LogP contribution >= 0.6 is 15.9 Å². The van der Waals surface area contributed by atoms with Gasteiger partial charge in [-0.1, -0.05) is 92.5 Å². The molecule has 0 bridgehead atoms. The number of hydrogen-bond donors (Lipinski definition) is 1. The Morgan fingerprint density at radius 1 is 1.03 bits per heavy atom. The van der Waals surface area contributed by atoms with Crippen LogP contribution in [0.25, 0.3) is 22.1 Å². The molecule has 1 N–H and O–H groups in total. The quantitative estimate of drug-likeness (QED) is 0.141. The largest absolute Gasteiger partial charge is 0.488 e. The van der Waals surface area contributed by atoms with Crippen molar-refractivity contribution in [1.82, 2.24) is 19.7 Å². The first-order chi connectivity index (χ1) is 18.8. The molecule has 0 radical (unpaired) electrons. The summed E-state index contributed by atoms with van der Waals surface area (Å²) >= 11 is 3.55. The molecule has 2 heterocycles.